The van der Waals surface area contributed by atoms with E-state index in [2.05, 4.69) is 22.4 Å². The zero-order valence-electron chi connectivity index (χ0n) is 7.86. The van der Waals surface area contributed by atoms with Gasteiger partial charge in [-0.2, -0.15) is 15.2 Å². The molecule has 0 radical (unpaired) electrons. The summed E-state index contributed by atoms with van der Waals surface area (Å²) in [7, 11) is 1.91. The molecule has 1 atom stereocenters. The van der Waals surface area contributed by atoms with Crippen molar-refractivity contribution in [2.24, 2.45) is 5.92 Å². The van der Waals surface area contributed by atoms with Crippen LogP contribution < -0.4 is 5.32 Å². The van der Waals surface area contributed by atoms with Gasteiger partial charge in [0.2, 0.25) is 0 Å². The second-order valence-electron chi connectivity index (χ2n) is 3.06. The highest BCUT2D eigenvalue weighted by atomic mass is 15.5. The molecule has 0 spiro atoms. The number of hydrogen-bond acceptors (Lipinski definition) is 4. The second kappa shape index (κ2) is 4.58. The van der Waals surface area contributed by atoms with Crippen LogP contribution in [0.25, 0.3) is 0 Å². The minimum atomic E-state index is 0.372. The summed E-state index contributed by atoms with van der Waals surface area (Å²) in [6.45, 7) is 3.76. The molecular weight excluding hydrogens is 166 g/mol. The van der Waals surface area contributed by atoms with E-state index in [1.807, 2.05) is 13.1 Å². The van der Waals surface area contributed by atoms with E-state index >= 15 is 0 Å². The number of nitrogens with one attached hydrogen (secondary N) is 1. The Morgan fingerprint density at radius 2 is 2.54 bits per heavy atom. The number of nitrogens with zero attached hydrogens (tertiary/aromatic N) is 4. The van der Waals surface area contributed by atoms with Gasteiger partial charge in [0, 0.05) is 0 Å². The number of aromatic nitrogens is 3. The molecular formula is C8H13N5. The molecule has 5 nitrogen and oxygen atoms in total. The second-order valence-corrected chi connectivity index (χ2v) is 3.06. The lowest BCUT2D eigenvalue weighted by molar-refractivity contribution is 0.401. The van der Waals surface area contributed by atoms with Gasteiger partial charge in [-0.25, -0.2) is 0 Å². The number of nitriles is 1. The van der Waals surface area contributed by atoms with E-state index in [1.54, 1.807) is 4.80 Å². The van der Waals surface area contributed by atoms with E-state index in [-0.39, 0.29) is 0 Å². The summed E-state index contributed by atoms with van der Waals surface area (Å²) in [6, 6.07) is 1.94. The molecule has 0 aliphatic heterocycles. The molecule has 0 fully saturated rings. The van der Waals surface area contributed by atoms with Crippen molar-refractivity contribution in [3.8, 4) is 6.07 Å². The Morgan fingerprint density at radius 1 is 1.77 bits per heavy atom. The third kappa shape index (κ3) is 2.84. The molecule has 1 rings (SSSR count). The van der Waals surface area contributed by atoms with Crippen LogP contribution in [0.1, 0.15) is 12.6 Å². The van der Waals surface area contributed by atoms with Gasteiger partial charge in [-0.15, -0.1) is 5.10 Å². The van der Waals surface area contributed by atoms with E-state index in [4.69, 9.17) is 5.26 Å². The summed E-state index contributed by atoms with van der Waals surface area (Å²) in [4.78, 5) is 1.56. The van der Waals surface area contributed by atoms with Crippen LogP contribution >= 0.6 is 0 Å². The average molecular weight is 179 g/mol. The molecule has 1 unspecified atom stereocenters. The van der Waals surface area contributed by atoms with Gasteiger partial charge in [-0.3, -0.25) is 0 Å². The first-order valence-corrected chi connectivity index (χ1v) is 4.21. The molecule has 70 valence electrons. The largest absolute Gasteiger partial charge is 0.319 e. The van der Waals surface area contributed by atoms with Crippen molar-refractivity contribution in [3.05, 3.63) is 11.9 Å². The maximum Gasteiger partial charge on any atom is 0.182 e. The average Bonchev–Trinajstić information content (AvgIpc) is 2.52. The van der Waals surface area contributed by atoms with Crippen molar-refractivity contribution >= 4 is 0 Å². The first-order valence-electron chi connectivity index (χ1n) is 4.21. The van der Waals surface area contributed by atoms with Crippen LogP contribution in [0.2, 0.25) is 0 Å². The third-order valence-corrected chi connectivity index (χ3v) is 1.68. The predicted octanol–water partition coefficient (Wildman–Crippen LogP) is 0.00528. The lowest BCUT2D eigenvalue weighted by Crippen LogP contribution is -2.21. The summed E-state index contributed by atoms with van der Waals surface area (Å²) in [5.74, 6) is 0.462. The minimum Gasteiger partial charge on any atom is -0.319 e. The van der Waals surface area contributed by atoms with Gasteiger partial charge in [0.25, 0.3) is 0 Å². The van der Waals surface area contributed by atoms with Crippen LogP contribution in [0.4, 0.5) is 0 Å². The molecule has 1 aromatic rings. The Hall–Kier alpha value is -1.41. The maximum absolute atomic E-state index is 8.51. The Labute approximate surface area is 77.4 Å². The van der Waals surface area contributed by atoms with Crippen LogP contribution in [0, 0.1) is 17.2 Å². The van der Waals surface area contributed by atoms with Gasteiger partial charge < -0.3 is 5.32 Å². The maximum atomic E-state index is 8.51. The highest BCUT2D eigenvalue weighted by Crippen LogP contribution is 1.97. The first-order chi connectivity index (χ1) is 6.26. The SMILES string of the molecule is CNCC(C)Cn1ncc(C#N)n1. The van der Waals surface area contributed by atoms with E-state index in [0.29, 0.717) is 11.6 Å². The van der Waals surface area contributed by atoms with Gasteiger partial charge in [-0.1, -0.05) is 6.92 Å². The molecule has 0 bridgehead atoms. The van der Waals surface area contributed by atoms with E-state index in [0.717, 1.165) is 13.1 Å². The van der Waals surface area contributed by atoms with Gasteiger partial charge in [0.15, 0.2) is 5.69 Å². The highest BCUT2D eigenvalue weighted by Gasteiger charge is 2.04. The lowest BCUT2D eigenvalue weighted by atomic mass is 10.2. The monoisotopic (exact) mass is 179 g/mol. The van der Waals surface area contributed by atoms with Crippen molar-refractivity contribution in [1.82, 2.24) is 20.3 Å². The van der Waals surface area contributed by atoms with Crippen molar-refractivity contribution in [2.75, 3.05) is 13.6 Å². The standard InChI is InChI=1S/C8H13N5/c1-7(4-10-2)6-13-11-5-8(3-9)12-13/h5,7,10H,4,6H2,1-2H3. The fourth-order valence-electron chi connectivity index (χ4n) is 1.13. The van der Waals surface area contributed by atoms with Crippen molar-refractivity contribution in [1.29, 1.82) is 5.26 Å². The van der Waals surface area contributed by atoms with Crippen LogP contribution in [0.5, 0.6) is 0 Å². The number of hydrogen-bond donors (Lipinski definition) is 1. The van der Waals surface area contributed by atoms with Gasteiger partial charge in [0.1, 0.15) is 6.07 Å². The minimum absolute atomic E-state index is 0.372. The molecule has 0 aliphatic carbocycles. The molecule has 5 heteroatoms. The molecule has 0 saturated carbocycles. The van der Waals surface area contributed by atoms with E-state index in [9.17, 15) is 0 Å². The lowest BCUT2D eigenvalue weighted by Gasteiger charge is -2.08. The molecule has 0 aliphatic rings. The van der Waals surface area contributed by atoms with E-state index < -0.39 is 0 Å². The van der Waals surface area contributed by atoms with Gasteiger partial charge >= 0.3 is 0 Å². The number of rotatable bonds is 4. The smallest absolute Gasteiger partial charge is 0.182 e. The quantitative estimate of drug-likeness (QED) is 0.706. The summed E-state index contributed by atoms with van der Waals surface area (Å²) in [5, 5.41) is 19.5. The van der Waals surface area contributed by atoms with Crippen LogP contribution in [0.15, 0.2) is 6.20 Å². The normalized spacial score (nSPS) is 12.4. The van der Waals surface area contributed by atoms with E-state index in [1.165, 1.54) is 6.20 Å². The molecule has 0 amide bonds. The molecule has 0 aromatic carbocycles. The Bertz CT molecular complexity index is 298. The fraction of sp³-hybridized carbons (Fsp3) is 0.625. The summed E-state index contributed by atoms with van der Waals surface area (Å²) < 4.78 is 0. The van der Waals surface area contributed by atoms with Gasteiger partial charge in [-0.05, 0) is 19.5 Å². The topological polar surface area (TPSA) is 66.5 Å². The first kappa shape index (κ1) is 9.68. The van der Waals surface area contributed by atoms with Crippen LogP contribution in [-0.2, 0) is 6.54 Å². The van der Waals surface area contributed by atoms with Crippen molar-refractivity contribution < 1.29 is 0 Å². The summed E-state index contributed by atoms with van der Waals surface area (Å²) >= 11 is 0. The Morgan fingerprint density at radius 3 is 3.08 bits per heavy atom. The molecule has 1 N–H and O–H groups in total. The van der Waals surface area contributed by atoms with Crippen LogP contribution in [0.3, 0.4) is 0 Å². The van der Waals surface area contributed by atoms with Gasteiger partial charge in [0.05, 0.1) is 12.7 Å². The predicted molar refractivity (Wildman–Crippen MR) is 47.8 cm³/mol. The highest BCUT2D eigenvalue weighted by molar-refractivity contribution is 5.12. The van der Waals surface area contributed by atoms with Crippen molar-refractivity contribution in [3.63, 3.8) is 0 Å². The van der Waals surface area contributed by atoms with Crippen molar-refractivity contribution in [2.45, 2.75) is 13.5 Å². The summed E-state index contributed by atoms with van der Waals surface area (Å²) in [5.41, 5.74) is 0.372. The fourth-order valence-corrected chi connectivity index (χ4v) is 1.13. The molecule has 1 heterocycles. The Balaban J connectivity index is 2.50. The zero-order chi connectivity index (χ0) is 9.68. The molecule has 0 saturated heterocycles. The van der Waals surface area contributed by atoms with Crippen LogP contribution in [-0.4, -0.2) is 28.6 Å². The summed E-state index contributed by atoms with van der Waals surface area (Å²) in [6.07, 6.45) is 1.48. The molecule has 13 heavy (non-hydrogen) atoms. The third-order valence-electron chi connectivity index (χ3n) is 1.68. The molecule has 1 aromatic heterocycles. The Kier molecular flexibility index (Phi) is 3.41. The zero-order valence-corrected chi connectivity index (χ0v) is 7.86.